The Morgan fingerprint density at radius 1 is 1.62 bits per heavy atom. The van der Waals surface area contributed by atoms with Gasteiger partial charge in [0.2, 0.25) is 0 Å². The second-order valence-electron chi connectivity index (χ2n) is 3.64. The smallest absolute Gasteiger partial charge is 0.393 e. The molecule has 16 heavy (non-hydrogen) atoms. The van der Waals surface area contributed by atoms with Crippen molar-refractivity contribution in [3.8, 4) is 0 Å². The molecule has 0 aromatic carbocycles. The predicted octanol–water partition coefficient (Wildman–Crippen LogP) is 1.29. The first-order valence-electron chi connectivity index (χ1n) is 4.44. The summed E-state index contributed by atoms with van der Waals surface area (Å²) in [7, 11) is 0. The molecule has 0 radical (unpaired) electrons. The number of halogens is 3. The third kappa shape index (κ3) is 1.59. The summed E-state index contributed by atoms with van der Waals surface area (Å²) in [5.74, 6) is -3.03. The van der Waals surface area contributed by atoms with E-state index in [2.05, 4.69) is 4.98 Å². The molecule has 0 bridgehead atoms. The molecule has 1 heterocycles. The highest BCUT2D eigenvalue weighted by Crippen LogP contribution is 2.54. The highest BCUT2D eigenvalue weighted by atomic mass is 19.4. The van der Waals surface area contributed by atoms with Crippen molar-refractivity contribution < 1.29 is 23.1 Å². The Morgan fingerprint density at radius 2 is 2.25 bits per heavy atom. The van der Waals surface area contributed by atoms with Gasteiger partial charge in [0.15, 0.2) is 5.69 Å². The number of alkyl halides is 3. The zero-order valence-corrected chi connectivity index (χ0v) is 7.90. The molecule has 2 atom stereocenters. The average molecular weight is 235 g/mol. The quantitative estimate of drug-likeness (QED) is 0.809. The average Bonchev–Trinajstić information content (AvgIpc) is 2.83. The molecule has 1 aromatic heterocycles. The first kappa shape index (κ1) is 10.8. The Kier molecular flexibility index (Phi) is 2.11. The fourth-order valence-electron chi connectivity index (χ4n) is 1.64. The molecular formula is C8H8F3N3O2. The number of aromatic nitrogens is 2. The predicted molar refractivity (Wildman–Crippen MR) is 46.8 cm³/mol. The van der Waals surface area contributed by atoms with E-state index in [1.54, 1.807) is 0 Å². The van der Waals surface area contributed by atoms with E-state index in [0.29, 0.717) is 0 Å². The molecule has 1 aliphatic rings. The van der Waals surface area contributed by atoms with Crippen molar-refractivity contribution in [1.29, 1.82) is 0 Å². The van der Waals surface area contributed by atoms with Crippen molar-refractivity contribution in [3.05, 3.63) is 12.0 Å². The van der Waals surface area contributed by atoms with Crippen LogP contribution in [0.3, 0.4) is 0 Å². The van der Waals surface area contributed by atoms with E-state index in [0.717, 1.165) is 10.9 Å². The van der Waals surface area contributed by atoms with Crippen LogP contribution in [0.2, 0.25) is 0 Å². The summed E-state index contributed by atoms with van der Waals surface area (Å²) in [4.78, 5) is 14.0. The van der Waals surface area contributed by atoms with Crippen LogP contribution in [0.5, 0.6) is 0 Å². The van der Waals surface area contributed by atoms with E-state index >= 15 is 0 Å². The minimum Gasteiger partial charge on any atom is -0.476 e. The Hall–Kier alpha value is -1.73. The second kappa shape index (κ2) is 3.13. The standard InChI is InChI=1S/C8H8F3N3O2/c9-8(10,11)3-1-4(3)14-2-13-5(6(14)12)7(15)16/h2-4H,1,12H2,(H,15,16). The van der Waals surface area contributed by atoms with Crippen molar-refractivity contribution in [1.82, 2.24) is 9.55 Å². The zero-order chi connectivity index (χ0) is 12.1. The maximum absolute atomic E-state index is 12.3. The first-order chi connectivity index (χ1) is 7.32. The van der Waals surface area contributed by atoms with Gasteiger partial charge in [-0.1, -0.05) is 0 Å². The highest BCUT2D eigenvalue weighted by molar-refractivity contribution is 5.90. The molecule has 2 unspecified atom stereocenters. The van der Waals surface area contributed by atoms with Crippen LogP contribution in [0.4, 0.5) is 19.0 Å². The lowest BCUT2D eigenvalue weighted by atomic mass is 10.4. The fourth-order valence-corrected chi connectivity index (χ4v) is 1.64. The SMILES string of the molecule is Nc1c(C(=O)O)ncn1C1CC1C(F)(F)F. The number of hydrogen-bond donors (Lipinski definition) is 2. The Balaban J connectivity index is 2.22. The van der Waals surface area contributed by atoms with Crippen molar-refractivity contribution >= 4 is 11.8 Å². The summed E-state index contributed by atoms with van der Waals surface area (Å²) in [5.41, 5.74) is 4.99. The molecule has 3 N–H and O–H groups in total. The number of nitrogens with zero attached hydrogens (tertiary/aromatic N) is 2. The van der Waals surface area contributed by atoms with Crippen LogP contribution in [0, 0.1) is 5.92 Å². The molecule has 0 amide bonds. The third-order valence-corrected chi connectivity index (χ3v) is 2.57. The molecule has 1 aromatic rings. The van der Waals surface area contributed by atoms with Gasteiger partial charge in [0.25, 0.3) is 0 Å². The lowest BCUT2D eigenvalue weighted by molar-refractivity contribution is -0.150. The van der Waals surface area contributed by atoms with Crippen LogP contribution in [0.1, 0.15) is 23.0 Å². The summed E-state index contributed by atoms with van der Waals surface area (Å²) in [6.45, 7) is 0. The summed E-state index contributed by atoms with van der Waals surface area (Å²) < 4.78 is 37.9. The van der Waals surface area contributed by atoms with Gasteiger partial charge in [-0.3, -0.25) is 0 Å². The number of aromatic carboxylic acids is 1. The largest absolute Gasteiger partial charge is 0.476 e. The molecular weight excluding hydrogens is 227 g/mol. The van der Waals surface area contributed by atoms with Gasteiger partial charge in [-0.25, -0.2) is 9.78 Å². The van der Waals surface area contributed by atoms with E-state index in [1.807, 2.05) is 0 Å². The molecule has 1 fully saturated rings. The number of carboxylic acid groups (broad SMARTS) is 1. The van der Waals surface area contributed by atoms with Crippen LogP contribution in [0.15, 0.2) is 6.33 Å². The molecule has 1 aliphatic carbocycles. The number of carbonyl (C=O) groups is 1. The van der Waals surface area contributed by atoms with Crippen LogP contribution < -0.4 is 5.73 Å². The summed E-state index contributed by atoms with van der Waals surface area (Å²) in [6, 6.07) is -0.819. The Bertz CT molecular complexity index is 440. The first-order valence-corrected chi connectivity index (χ1v) is 4.44. The molecule has 5 nitrogen and oxygen atoms in total. The number of nitrogens with two attached hydrogens (primary N) is 1. The number of nitrogen functional groups attached to an aromatic ring is 1. The van der Waals surface area contributed by atoms with Gasteiger partial charge in [0.1, 0.15) is 5.82 Å². The summed E-state index contributed by atoms with van der Waals surface area (Å²) >= 11 is 0. The van der Waals surface area contributed by atoms with Crippen molar-refractivity contribution in [3.63, 3.8) is 0 Å². The Labute approximate surface area is 87.7 Å². The lowest BCUT2D eigenvalue weighted by Gasteiger charge is -2.07. The number of hydrogen-bond acceptors (Lipinski definition) is 3. The van der Waals surface area contributed by atoms with Gasteiger partial charge in [-0.2, -0.15) is 13.2 Å². The van der Waals surface area contributed by atoms with Gasteiger partial charge < -0.3 is 15.4 Å². The van der Waals surface area contributed by atoms with Crippen molar-refractivity contribution in [2.45, 2.75) is 18.6 Å². The monoisotopic (exact) mass is 235 g/mol. The molecule has 1 saturated carbocycles. The maximum Gasteiger partial charge on any atom is 0.393 e. The fraction of sp³-hybridized carbons (Fsp3) is 0.500. The van der Waals surface area contributed by atoms with Gasteiger partial charge in [0.05, 0.1) is 12.2 Å². The normalized spacial score (nSPS) is 24.4. The van der Waals surface area contributed by atoms with Gasteiger partial charge >= 0.3 is 12.1 Å². The summed E-state index contributed by atoms with van der Waals surface area (Å²) in [6.07, 6.45) is -3.32. The highest BCUT2D eigenvalue weighted by Gasteiger charge is 2.57. The number of anilines is 1. The van der Waals surface area contributed by atoms with Gasteiger partial charge in [-0.05, 0) is 6.42 Å². The number of imidazole rings is 1. The minimum atomic E-state index is -4.27. The van der Waals surface area contributed by atoms with Gasteiger partial charge in [0, 0.05) is 6.04 Å². The second-order valence-corrected chi connectivity index (χ2v) is 3.64. The number of carboxylic acids is 1. The van der Waals surface area contributed by atoms with E-state index < -0.39 is 29.8 Å². The molecule has 2 rings (SSSR count). The van der Waals surface area contributed by atoms with Crippen molar-refractivity contribution in [2.24, 2.45) is 5.92 Å². The topological polar surface area (TPSA) is 81.1 Å². The Morgan fingerprint density at radius 3 is 2.62 bits per heavy atom. The summed E-state index contributed by atoms with van der Waals surface area (Å²) in [5, 5.41) is 8.63. The number of rotatable bonds is 2. The molecule has 0 spiro atoms. The maximum atomic E-state index is 12.3. The third-order valence-electron chi connectivity index (χ3n) is 2.57. The van der Waals surface area contributed by atoms with Crippen LogP contribution in [-0.4, -0.2) is 26.8 Å². The molecule has 8 heteroatoms. The lowest BCUT2D eigenvalue weighted by Crippen LogP contribution is -2.14. The van der Waals surface area contributed by atoms with Gasteiger partial charge in [-0.15, -0.1) is 0 Å². The zero-order valence-electron chi connectivity index (χ0n) is 7.90. The van der Waals surface area contributed by atoms with Crippen LogP contribution in [-0.2, 0) is 0 Å². The van der Waals surface area contributed by atoms with Crippen molar-refractivity contribution in [2.75, 3.05) is 5.73 Å². The van der Waals surface area contributed by atoms with E-state index in [9.17, 15) is 18.0 Å². The molecule has 0 aliphatic heterocycles. The molecule has 0 saturated heterocycles. The van der Waals surface area contributed by atoms with Crippen LogP contribution >= 0.6 is 0 Å². The minimum absolute atomic E-state index is 0.0802. The molecule has 88 valence electrons. The van der Waals surface area contributed by atoms with Crippen LogP contribution in [0.25, 0.3) is 0 Å². The van der Waals surface area contributed by atoms with E-state index in [4.69, 9.17) is 10.8 Å². The van der Waals surface area contributed by atoms with E-state index in [1.165, 1.54) is 0 Å². The van der Waals surface area contributed by atoms with E-state index in [-0.39, 0.29) is 12.2 Å².